The molecule has 0 unspecified atom stereocenters. The van der Waals surface area contributed by atoms with Gasteiger partial charge < -0.3 is 15.4 Å². The van der Waals surface area contributed by atoms with Crippen LogP contribution in [0.25, 0.3) is 11.1 Å². The van der Waals surface area contributed by atoms with E-state index < -0.39 is 17.5 Å². The highest BCUT2D eigenvalue weighted by atomic mass is 19.1. The molecule has 1 amide bonds. The summed E-state index contributed by atoms with van der Waals surface area (Å²) >= 11 is 0. The maximum Gasteiger partial charge on any atom is 0.254 e. The second-order valence-corrected chi connectivity index (χ2v) is 5.77. The molecule has 1 aliphatic heterocycles. The number of carbonyl (C=O) groups excluding carboxylic acids is 1. The van der Waals surface area contributed by atoms with E-state index in [-0.39, 0.29) is 11.1 Å². The van der Waals surface area contributed by atoms with Crippen molar-refractivity contribution in [1.82, 2.24) is 10.6 Å². The molecule has 0 saturated carbocycles. The van der Waals surface area contributed by atoms with Crippen LogP contribution in [0, 0.1) is 17.6 Å². The van der Waals surface area contributed by atoms with Crippen LogP contribution in [0.1, 0.15) is 10.4 Å². The lowest BCUT2D eigenvalue weighted by atomic mass is 10.0. The van der Waals surface area contributed by atoms with Gasteiger partial charge in [-0.2, -0.15) is 0 Å². The van der Waals surface area contributed by atoms with Gasteiger partial charge in [0.2, 0.25) is 0 Å². The van der Waals surface area contributed by atoms with E-state index in [1.165, 1.54) is 37.4 Å². The minimum Gasteiger partial charge on any atom is -0.497 e. The minimum absolute atomic E-state index is 0.0417. The topological polar surface area (TPSA) is 50.4 Å². The smallest absolute Gasteiger partial charge is 0.254 e. The van der Waals surface area contributed by atoms with E-state index in [2.05, 4.69) is 10.6 Å². The number of rotatable bonds is 5. The number of hydrogen-bond acceptors (Lipinski definition) is 3. The summed E-state index contributed by atoms with van der Waals surface area (Å²) in [5, 5.41) is 5.82. The fourth-order valence-corrected chi connectivity index (χ4v) is 2.55. The van der Waals surface area contributed by atoms with Crippen LogP contribution in [0.3, 0.4) is 0 Å². The predicted molar refractivity (Wildman–Crippen MR) is 87.0 cm³/mol. The predicted octanol–water partition coefficient (Wildman–Crippen LogP) is 2.59. The van der Waals surface area contributed by atoms with E-state index in [1.54, 1.807) is 6.07 Å². The molecule has 1 heterocycles. The number of methoxy groups -OCH3 is 1. The number of benzene rings is 2. The second kappa shape index (κ2) is 6.97. The van der Waals surface area contributed by atoms with Gasteiger partial charge in [-0.3, -0.25) is 4.79 Å². The Morgan fingerprint density at radius 3 is 2.58 bits per heavy atom. The van der Waals surface area contributed by atoms with Crippen molar-refractivity contribution in [3.8, 4) is 16.9 Å². The minimum atomic E-state index is -0.674. The first kappa shape index (κ1) is 16.4. The van der Waals surface area contributed by atoms with Crippen molar-refractivity contribution in [3.05, 3.63) is 53.6 Å². The summed E-state index contributed by atoms with van der Waals surface area (Å²) in [5.74, 6) is -0.862. The number of ether oxygens (including phenoxy) is 1. The van der Waals surface area contributed by atoms with Gasteiger partial charge in [0.15, 0.2) is 0 Å². The molecule has 0 aliphatic carbocycles. The van der Waals surface area contributed by atoms with Gasteiger partial charge in [0, 0.05) is 37.2 Å². The van der Waals surface area contributed by atoms with Gasteiger partial charge >= 0.3 is 0 Å². The Morgan fingerprint density at radius 2 is 2.00 bits per heavy atom. The lowest BCUT2D eigenvalue weighted by molar-refractivity contribution is 0.0938. The van der Waals surface area contributed by atoms with Crippen molar-refractivity contribution in [2.24, 2.45) is 5.92 Å². The highest BCUT2D eigenvalue weighted by Gasteiger charge is 2.19. The monoisotopic (exact) mass is 332 g/mol. The van der Waals surface area contributed by atoms with Gasteiger partial charge in [-0.15, -0.1) is 0 Å². The molecule has 0 bridgehead atoms. The van der Waals surface area contributed by atoms with E-state index in [4.69, 9.17) is 4.74 Å². The van der Waals surface area contributed by atoms with Crippen LogP contribution in [0.15, 0.2) is 36.4 Å². The molecule has 0 atom stereocenters. The van der Waals surface area contributed by atoms with Crippen molar-refractivity contribution in [2.75, 3.05) is 26.7 Å². The van der Waals surface area contributed by atoms with Crippen LogP contribution >= 0.6 is 0 Å². The maximum atomic E-state index is 14.3. The Kier molecular flexibility index (Phi) is 4.76. The molecule has 0 aromatic heterocycles. The lowest BCUT2D eigenvalue weighted by Gasteiger charge is -2.27. The van der Waals surface area contributed by atoms with E-state index in [1.807, 2.05) is 0 Å². The van der Waals surface area contributed by atoms with Crippen LogP contribution in [-0.4, -0.2) is 32.7 Å². The third-order valence-corrected chi connectivity index (χ3v) is 4.12. The van der Waals surface area contributed by atoms with Gasteiger partial charge in [-0.05, 0) is 29.8 Å². The van der Waals surface area contributed by atoms with Gasteiger partial charge in [0.25, 0.3) is 5.91 Å². The Bertz CT molecular complexity index is 761. The molecule has 0 spiro atoms. The average molecular weight is 332 g/mol. The third-order valence-electron chi connectivity index (χ3n) is 4.12. The zero-order valence-corrected chi connectivity index (χ0v) is 13.2. The van der Waals surface area contributed by atoms with Crippen molar-refractivity contribution in [2.45, 2.75) is 0 Å². The van der Waals surface area contributed by atoms with Crippen LogP contribution in [0.4, 0.5) is 8.78 Å². The van der Waals surface area contributed by atoms with E-state index >= 15 is 0 Å². The molecule has 24 heavy (non-hydrogen) atoms. The maximum absolute atomic E-state index is 14.3. The lowest BCUT2D eigenvalue weighted by Crippen LogP contribution is -2.48. The second-order valence-electron chi connectivity index (χ2n) is 5.77. The number of amides is 1. The van der Waals surface area contributed by atoms with Crippen LogP contribution < -0.4 is 15.4 Å². The number of carbonyl (C=O) groups is 1. The van der Waals surface area contributed by atoms with Crippen LogP contribution in [0.2, 0.25) is 0 Å². The number of hydrogen-bond donors (Lipinski definition) is 2. The fourth-order valence-electron chi connectivity index (χ4n) is 2.55. The Hall–Kier alpha value is -2.47. The summed E-state index contributed by atoms with van der Waals surface area (Å²) in [6.45, 7) is 2.23. The van der Waals surface area contributed by atoms with Gasteiger partial charge in [-0.1, -0.05) is 6.07 Å². The number of halogens is 2. The molecule has 1 aliphatic rings. The largest absolute Gasteiger partial charge is 0.497 e. The van der Waals surface area contributed by atoms with Crippen molar-refractivity contribution in [3.63, 3.8) is 0 Å². The number of nitrogens with one attached hydrogen (secondary N) is 2. The Labute approximate surface area is 138 Å². The molecular formula is C18H18F2N2O2. The average Bonchev–Trinajstić information content (AvgIpc) is 2.53. The standard InChI is InChI=1S/C18H18F2N2O2/c1-24-13-3-5-14(17(20)7-13)12-2-4-15(16(19)6-12)18(23)22-10-11-8-21-9-11/h2-7,11,21H,8-10H2,1H3,(H,22,23). The molecule has 0 radical (unpaired) electrons. The highest BCUT2D eigenvalue weighted by molar-refractivity contribution is 5.95. The SMILES string of the molecule is COc1ccc(-c2ccc(C(=O)NCC3CNC3)c(F)c2)c(F)c1. The van der Waals surface area contributed by atoms with Crippen molar-refractivity contribution < 1.29 is 18.3 Å². The molecule has 2 aromatic carbocycles. The van der Waals surface area contributed by atoms with Gasteiger partial charge in [-0.25, -0.2) is 8.78 Å². The summed E-state index contributed by atoms with van der Waals surface area (Å²) in [6.07, 6.45) is 0. The molecule has 3 rings (SSSR count). The zero-order chi connectivity index (χ0) is 17.1. The fraction of sp³-hybridized carbons (Fsp3) is 0.278. The normalized spacial score (nSPS) is 14.1. The molecule has 126 valence electrons. The summed E-state index contributed by atoms with van der Waals surface area (Å²) in [6, 6.07) is 8.44. The Balaban J connectivity index is 1.77. The van der Waals surface area contributed by atoms with Crippen LogP contribution in [0.5, 0.6) is 5.75 Å². The van der Waals surface area contributed by atoms with Gasteiger partial charge in [0.05, 0.1) is 12.7 Å². The highest BCUT2D eigenvalue weighted by Crippen LogP contribution is 2.27. The Morgan fingerprint density at radius 1 is 1.21 bits per heavy atom. The third kappa shape index (κ3) is 3.38. The molecule has 1 saturated heterocycles. The molecule has 6 heteroatoms. The van der Waals surface area contributed by atoms with E-state index in [9.17, 15) is 13.6 Å². The summed E-state index contributed by atoms with van der Waals surface area (Å²) in [5.41, 5.74) is 0.578. The van der Waals surface area contributed by atoms with E-state index in [0.29, 0.717) is 23.8 Å². The summed E-state index contributed by atoms with van der Waals surface area (Å²) < 4.78 is 33.3. The molecular weight excluding hydrogens is 314 g/mol. The molecule has 2 N–H and O–H groups in total. The molecule has 4 nitrogen and oxygen atoms in total. The van der Waals surface area contributed by atoms with Crippen molar-refractivity contribution in [1.29, 1.82) is 0 Å². The van der Waals surface area contributed by atoms with Crippen LogP contribution in [-0.2, 0) is 0 Å². The summed E-state index contributed by atoms with van der Waals surface area (Å²) in [4.78, 5) is 12.0. The first-order chi connectivity index (χ1) is 11.6. The van der Waals surface area contributed by atoms with E-state index in [0.717, 1.165) is 13.1 Å². The van der Waals surface area contributed by atoms with Crippen molar-refractivity contribution >= 4 is 5.91 Å². The first-order valence-electron chi connectivity index (χ1n) is 7.71. The molecule has 1 fully saturated rings. The van der Waals surface area contributed by atoms with Gasteiger partial charge in [0.1, 0.15) is 17.4 Å². The first-order valence-corrected chi connectivity index (χ1v) is 7.71. The molecule has 2 aromatic rings. The zero-order valence-electron chi connectivity index (χ0n) is 13.2. The quantitative estimate of drug-likeness (QED) is 0.885. The summed E-state index contributed by atoms with van der Waals surface area (Å²) in [7, 11) is 1.45.